The van der Waals surface area contributed by atoms with Crippen LogP contribution in [0.5, 0.6) is 5.75 Å². The van der Waals surface area contributed by atoms with E-state index in [4.69, 9.17) is 9.26 Å². The third kappa shape index (κ3) is 2.56. The van der Waals surface area contributed by atoms with Crippen LogP contribution in [0.3, 0.4) is 0 Å². The maximum atomic E-state index is 5.94. The maximum absolute atomic E-state index is 5.94. The zero-order valence-electron chi connectivity index (χ0n) is 12.2. The average molecular weight is 272 g/mol. The summed E-state index contributed by atoms with van der Waals surface area (Å²) in [6.45, 7) is 7.64. The van der Waals surface area contributed by atoms with E-state index in [0.29, 0.717) is 0 Å². The van der Waals surface area contributed by atoms with Crippen molar-refractivity contribution in [3.63, 3.8) is 0 Å². The standard InChI is InChI=1S/C16H20N2O2/c1-10-4-5-16-13(6-10)7-14(19-16)8-17-9-15-11(2)18-20-12(15)3/h4-6,14,17H,7-9H2,1-3H3. The summed E-state index contributed by atoms with van der Waals surface area (Å²) in [5, 5.41) is 7.40. The Morgan fingerprint density at radius 1 is 1.30 bits per heavy atom. The van der Waals surface area contributed by atoms with Crippen molar-refractivity contribution >= 4 is 0 Å². The zero-order valence-corrected chi connectivity index (χ0v) is 12.2. The van der Waals surface area contributed by atoms with Crippen molar-refractivity contribution in [1.82, 2.24) is 10.5 Å². The van der Waals surface area contributed by atoms with Gasteiger partial charge < -0.3 is 14.6 Å². The minimum Gasteiger partial charge on any atom is -0.488 e. The molecule has 1 unspecified atom stereocenters. The van der Waals surface area contributed by atoms with Crippen molar-refractivity contribution < 1.29 is 9.26 Å². The molecule has 1 N–H and O–H groups in total. The predicted octanol–water partition coefficient (Wildman–Crippen LogP) is 2.69. The highest BCUT2D eigenvalue weighted by Crippen LogP contribution is 2.29. The predicted molar refractivity (Wildman–Crippen MR) is 77.0 cm³/mol. The van der Waals surface area contributed by atoms with Gasteiger partial charge in [-0.2, -0.15) is 0 Å². The first-order valence-corrected chi connectivity index (χ1v) is 7.02. The van der Waals surface area contributed by atoms with Gasteiger partial charge in [0.05, 0.1) is 5.69 Å². The summed E-state index contributed by atoms with van der Waals surface area (Å²) in [7, 11) is 0. The molecule has 0 fully saturated rings. The van der Waals surface area contributed by atoms with Gasteiger partial charge in [0.1, 0.15) is 17.6 Å². The summed E-state index contributed by atoms with van der Waals surface area (Å²) < 4.78 is 11.1. The summed E-state index contributed by atoms with van der Waals surface area (Å²) in [6.07, 6.45) is 1.19. The minimum absolute atomic E-state index is 0.215. The molecule has 0 spiro atoms. The second kappa shape index (κ2) is 5.29. The van der Waals surface area contributed by atoms with Crippen LogP contribution in [-0.4, -0.2) is 17.8 Å². The van der Waals surface area contributed by atoms with Gasteiger partial charge in [-0.1, -0.05) is 22.9 Å². The van der Waals surface area contributed by atoms with Crippen molar-refractivity contribution in [2.24, 2.45) is 0 Å². The molecule has 0 saturated carbocycles. The van der Waals surface area contributed by atoms with Gasteiger partial charge >= 0.3 is 0 Å². The number of fused-ring (bicyclic) bond motifs is 1. The normalized spacial score (nSPS) is 17.1. The molecule has 0 saturated heterocycles. The fourth-order valence-electron chi connectivity index (χ4n) is 2.68. The summed E-state index contributed by atoms with van der Waals surface area (Å²) in [4.78, 5) is 0. The Balaban J connectivity index is 1.54. The van der Waals surface area contributed by atoms with E-state index in [1.165, 1.54) is 11.1 Å². The number of aryl methyl sites for hydroxylation is 3. The van der Waals surface area contributed by atoms with E-state index in [-0.39, 0.29) is 6.10 Å². The van der Waals surface area contributed by atoms with Crippen LogP contribution in [0.15, 0.2) is 22.7 Å². The lowest BCUT2D eigenvalue weighted by Crippen LogP contribution is -2.29. The molecule has 1 aromatic heterocycles. The molecule has 4 heteroatoms. The fourth-order valence-corrected chi connectivity index (χ4v) is 2.68. The summed E-state index contributed by atoms with van der Waals surface area (Å²) in [5.41, 5.74) is 4.71. The summed E-state index contributed by atoms with van der Waals surface area (Å²) in [5.74, 6) is 1.92. The van der Waals surface area contributed by atoms with Crippen LogP contribution in [0.1, 0.15) is 28.1 Å². The summed E-state index contributed by atoms with van der Waals surface area (Å²) >= 11 is 0. The molecule has 1 aliphatic rings. The molecule has 0 amide bonds. The van der Waals surface area contributed by atoms with Crippen LogP contribution in [0.4, 0.5) is 0 Å². The van der Waals surface area contributed by atoms with Gasteiger partial charge in [0, 0.05) is 25.1 Å². The molecule has 0 aliphatic carbocycles. The van der Waals surface area contributed by atoms with E-state index >= 15 is 0 Å². The first-order valence-electron chi connectivity index (χ1n) is 7.02. The van der Waals surface area contributed by atoms with Gasteiger partial charge in [0.25, 0.3) is 0 Å². The number of nitrogens with zero attached hydrogens (tertiary/aromatic N) is 1. The van der Waals surface area contributed by atoms with E-state index in [1.807, 2.05) is 13.8 Å². The molecule has 1 atom stereocenters. The molecule has 0 bridgehead atoms. The largest absolute Gasteiger partial charge is 0.488 e. The third-order valence-corrected chi connectivity index (χ3v) is 3.81. The smallest absolute Gasteiger partial charge is 0.138 e. The van der Waals surface area contributed by atoms with Crippen LogP contribution >= 0.6 is 0 Å². The monoisotopic (exact) mass is 272 g/mol. The van der Waals surface area contributed by atoms with Crippen LogP contribution in [0.25, 0.3) is 0 Å². The lowest BCUT2D eigenvalue weighted by molar-refractivity contribution is 0.227. The highest BCUT2D eigenvalue weighted by atomic mass is 16.5. The van der Waals surface area contributed by atoms with E-state index in [9.17, 15) is 0 Å². The molecular formula is C16H20N2O2. The van der Waals surface area contributed by atoms with E-state index in [0.717, 1.165) is 42.3 Å². The molecule has 2 heterocycles. The minimum atomic E-state index is 0.215. The first kappa shape index (κ1) is 13.2. The maximum Gasteiger partial charge on any atom is 0.138 e. The number of aromatic nitrogens is 1. The molecule has 2 aromatic rings. The van der Waals surface area contributed by atoms with Crippen molar-refractivity contribution in [3.8, 4) is 5.75 Å². The molecule has 20 heavy (non-hydrogen) atoms. The number of rotatable bonds is 4. The van der Waals surface area contributed by atoms with E-state index in [1.54, 1.807) is 0 Å². The fraction of sp³-hybridized carbons (Fsp3) is 0.438. The van der Waals surface area contributed by atoms with Crippen molar-refractivity contribution in [2.45, 2.75) is 39.8 Å². The first-order chi connectivity index (χ1) is 9.63. The highest BCUT2D eigenvalue weighted by Gasteiger charge is 2.22. The second-order valence-electron chi connectivity index (χ2n) is 5.49. The van der Waals surface area contributed by atoms with Gasteiger partial charge in [-0.3, -0.25) is 0 Å². The second-order valence-corrected chi connectivity index (χ2v) is 5.49. The molecule has 3 rings (SSSR count). The molecule has 0 radical (unpaired) electrons. The number of hydrogen-bond donors (Lipinski definition) is 1. The van der Waals surface area contributed by atoms with E-state index < -0.39 is 0 Å². The van der Waals surface area contributed by atoms with Crippen LogP contribution < -0.4 is 10.1 Å². The quantitative estimate of drug-likeness (QED) is 0.929. The van der Waals surface area contributed by atoms with Crippen LogP contribution in [0.2, 0.25) is 0 Å². The Kier molecular flexibility index (Phi) is 3.49. The van der Waals surface area contributed by atoms with Crippen molar-refractivity contribution in [3.05, 3.63) is 46.3 Å². The average Bonchev–Trinajstić information content (AvgIpc) is 2.95. The van der Waals surface area contributed by atoms with Gasteiger partial charge in [-0.25, -0.2) is 0 Å². The lowest BCUT2D eigenvalue weighted by atomic mass is 10.1. The van der Waals surface area contributed by atoms with Gasteiger partial charge in [-0.15, -0.1) is 0 Å². The van der Waals surface area contributed by atoms with Gasteiger partial charge in [0.2, 0.25) is 0 Å². The Labute approximate surface area is 119 Å². The topological polar surface area (TPSA) is 47.3 Å². The molecular weight excluding hydrogens is 252 g/mol. The van der Waals surface area contributed by atoms with Gasteiger partial charge in [-0.05, 0) is 32.4 Å². The SMILES string of the molecule is Cc1ccc2c(c1)CC(CNCc1c(C)noc1C)O2. The van der Waals surface area contributed by atoms with Crippen molar-refractivity contribution in [1.29, 1.82) is 0 Å². The van der Waals surface area contributed by atoms with Crippen LogP contribution in [0, 0.1) is 20.8 Å². The summed E-state index contributed by atoms with van der Waals surface area (Å²) in [6, 6.07) is 6.38. The Morgan fingerprint density at radius 3 is 2.90 bits per heavy atom. The number of benzene rings is 1. The number of hydrogen-bond acceptors (Lipinski definition) is 4. The Hall–Kier alpha value is -1.81. The molecule has 1 aliphatic heterocycles. The molecule has 1 aromatic carbocycles. The Bertz CT molecular complexity index is 599. The van der Waals surface area contributed by atoms with Gasteiger partial charge in [0.15, 0.2) is 0 Å². The molecule has 4 nitrogen and oxygen atoms in total. The Morgan fingerprint density at radius 2 is 2.15 bits per heavy atom. The van der Waals surface area contributed by atoms with Crippen LogP contribution in [-0.2, 0) is 13.0 Å². The third-order valence-electron chi connectivity index (χ3n) is 3.81. The number of nitrogens with one attached hydrogen (secondary N) is 1. The molecule has 106 valence electrons. The van der Waals surface area contributed by atoms with Crippen molar-refractivity contribution in [2.75, 3.05) is 6.54 Å². The zero-order chi connectivity index (χ0) is 14.1. The van der Waals surface area contributed by atoms with E-state index in [2.05, 4.69) is 35.6 Å². The lowest BCUT2D eigenvalue weighted by Gasteiger charge is -2.11. The highest BCUT2D eigenvalue weighted by molar-refractivity contribution is 5.40. The number of ether oxygens (including phenoxy) is 1.